The largest absolute Gasteiger partial charge is 0.463 e. The molecule has 2 aromatic carbocycles. The normalized spacial score (nSPS) is 12.2. The summed E-state index contributed by atoms with van der Waals surface area (Å²) >= 11 is 13.9. The van der Waals surface area contributed by atoms with Crippen molar-refractivity contribution in [3.63, 3.8) is 0 Å². The predicted molar refractivity (Wildman–Crippen MR) is 111 cm³/mol. The van der Waals surface area contributed by atoms with Crippen molar-refractivity contribution in [3.05, 3.63) is 92.7 Å². The van der Waals surface area contributed by atoms with Crippen LogP contribution in [0.25, 0.3) is 11.3 Å². The third-order valence-electron chi connectivity index (χ3n) is 3.78. The standard InChI is InChI=1S/C20H12Cl2FN3OS/c21-13-3-8-18(22)17(10-13)19-12-28-20(25-15-6-4-14(23)5-7-15)26(19)24-11-16-2-1-9-27-16/h1-12H. The molecule has 0 unspecified atom stereocenters. The lowest BCUT2D eigenvalue weighted by molar-refractivity contribution is 0.559. The fourth-order valence-corrected chi connectivity index (χ4v) is 3.71. The molecule has 0 N–H and O–H groups in total. The Balaban J connectivity index is 1.88. The van der Waals surface area contributed by atoms with Crippen LogP contribution in [0.3, 0.4) is 0 Å². The van der Waals surface area contributed by atoms with Gasteiger partial charge < -0.3 is 4.42 Å². The molecular formula is C20H12Cl2FN3OS. The van der Waals surface area contributed by atoms with Crippen LogP contribution in [0.4, 0.5) is 10.1 Å². The van der Waals surface area contributed by atoms with Crippen LogP contribution in [0.5, 0.6) is 0 Å². The molecule has 0 radical (unpaired) electrons. The van der Waals surface area contributed by atoms with Crippen LogP contribution in [0.1, 0.15) is 5.76 Å². The van der Waals surface area contributed by atoms with E-state index in [1.807, 2.05) is 5.38 Å². The van der Waals surface area contributed by atoms with Crippen LogP contribution in [-0.2, 0) is 0 Å². The van der Waals surface area contributed by atoms with Crippen molar-refractivity contribution in [1.29, 1.82) is 0 Å². The van der Waals surface area contributed by atoms with Gasteiger partial charge in [-0.2, -0.15) is 5.10 Å². The molecule has 2 heterocycles. The van der Waals surface area contributed by atoms with Crippen molar-refractivity contribution >= 4 is 46.4 Å². The first-order valence-corrected chi connectivity index (χ1v) is 9.78. The Morgan fingerprint density at radius 1 is 1.07 bits per heavy atom. The van der Waals surface area contributed by atoms with Gasteiger partial charge in [0.05, 0.1) is 28.9 Å². The average Bonchev–Trinajstić information content (AvgIpc) is 3.34. The van der Waals surface area contributed by atoms with Gasteiger partial charge in [-0.25, -0.2) is 14.1 Å². The molecule has 0 amide bonds. The molecule has 0 aliphatic carbocycles. The number of hydrogen-bond acceptors (Lipinski definition) is 4. The molecule has 0 aliphatic heterocycles. The lowest BCUT2D eigenvalue weighted by Crippen LogP contribution is -2.11. The maximum atomic E-state index is 13.2. The molecule has 0 saturated heterocycles. The van der Waals surface area contributed by atoms with Crippen LogP contribution in [0, 0.1) is 5.82 Å². The Hall–Kier alpha value is -2.67. The van der Waals surface area contributed by atoms with E-state index in [-0.39, 0.29) is 5.82 Å². The van der Waals surface area contributed by atoms with Crippen LogP contribution in [0.15, 0.2) is 80.8 Å². The van der Waals surface area contributed by atoms with Crippen LogP contribution >= 0.6 is 34.5 Å². The summed E-state index contributed by atoms with van der Waals surface area (Å²) in [5.74, 6) is 0.273. The Morgan fingerprint density at radius 2 is 1.89 bits per heavy atom. The zero-order chi connectivity index (χ0) is 19.5. The molecule has 4 nitrogen and oxygen atoms in total. The maximum Gasteiger partial charge on any atom is 0.211 e. The molecule has 8 heteroatoms. The molecule has 0 aliphatic rings. The summed E-state index contributed by atoms with van der Waals surface area (Å²) < 4.78 is 20.1. The molecule has 0 saturated carbocycles. The Labute approximate surface area is 173 Å². The third-order valence-corrected chi connectivity index (χ3v) is 5.17. The molecule has 0 spiro atoms. The summed E-state index contributed by atoms with van der Waals surface area (Å²) in [7, 11) is 0. The molecule has 0 fully saturated rings. The molecule has 4 aromatic rings. The molecule has 0 atom stereocenters. The summed E-state index contributed by atoms with van der Waals surface area (Å²) in [5.41, 5.74) is 2.05. The zero-order valence-electron chi connectivity index (χ0n) is 14.2. The lowest BCUT2D eigenvalue weighted by atomic mass is 10.2. The summed E-state index contributed by atoms with van der Waals surface area (Å²) in [6.45, 7) is 0. The highest BCUT2D eigenvalue weighted by molar-refractivity contribution is 7.07. The van der Waals surface area contributed by atoms with Gasteiger partial charge in [-0.05, 0) is 54.6 Å². The number of furan rings is 1. The second kappa shape index (κ2) is 8.14. The second-order valence-corrected chi connectivity index (χ2v) is 7.37. The number of aromatic nitrogens is 1. The van der Waals surface area contributed by atoms with Gasteiger partial charge in [-0.15, -0.1) is 11.3 Å². The summed E-state index contributed by atoms with van der Waals surface area (Å²) in [5, 5.41) is 7.50. The summed E-state index contributed by atoms with van der Waals surface area (Å²) in [4.78, 5) is 5.16. The minimum Gasteiger partial charge on any atom is -0.463 e. The van der Waals surface area contributed by atoms with E-state index < -0.39 is 0 Å². The minimum absolute atomic E-state index is 0.319. The summed E-state index contributed by atoms with van der Waals surface area (Å²) in [6.07, 6.45) is 3.15. The quantitative estimate of drug-likeness (QED) is 0.346. The SMILES string of the molecule is Fc1ccc(N=c2scc(-c3cc(Cl)ccc3Cl)n2N=Cc2ccco2)cc1. The number of thiazole rings is 1. The smallest absolute Gasteiger partial charge is 0.211 e. The van der Waals surface area contributed by atoms with Crippen molar-refractivity contribution in [2.24, 2.45) is 10.1 Å². The fraction of sp³-hybridized carbons (Fsp3) is 0. The topological polar surface area (TPSA) is 42.8 Å². The van der Waals surface area contributed by atoms with E-state index in [9.17, 15) is 4.39 Å². The summed E-state index contributed by atoms with van der Waals surface area (Å²) in [6, 6.07) is 14.7. The minimum atomic E-state index is -0.319. The average molecular weight is 432 g/mol. The van der Waals surface area contributed by atoms with Crippen molar-refractivity contribution in [1.82, 2.24) is 4.68 Å². The van der Waals surface area contributed by atoms with E-state index in [1.165, 1.54) is 23.5 Å². The van der Waals surface area contributed by atoms with Gasteiger partial charge in [0.1, 0.15) is 11.6 Å². The van der Waals surface area contributed by atoms with Gasteiger partial charge in [-0.3, -0.25) is 0 Å². The van der Waals surface area contributed by atoms with E-state index in [0.29, 0.717) is 26.3 Å². The van der Waals surface area contributed by atoms with E-state index >= 15 is 0 Å². The Bertz CT molecular complexity index is 1200. The highest BCUT2D eigenvalue weighted by Gasteiger charge is 2.12. The zero-order valence-corrected chi connectivity index (χ0v) is 16.5. The van der Waals surface area contributed by atoms with Gasteiger partial charge in [-0.1, -0.05) is 23.2 Å². The van der Waals surface area contributed by atoms with E-state index in [0.717, 1.165) is 11.3 Å². The Morgan fingerprint density at radius 3 is 2.64 bits per heavy atom. The van der Waals surface area contributed by atoms with Crippen molar-refractivity contribution in [2.45, 2.75) is 0 Å². The van der Waals surface area contributed by atoms with Crippen LogP contribution < -0.4 is 4.80 Å². The van der Waals surface area contributed by atoms with Gasteiger partial charge in [0.15, 0.2) is 0 Å². The van der Waals surface area contributed by atoms with Crippen molar-refractivity contribution < 1.29 is 8.81 Å². The maximum absolute atomic E-state index is 13.2. The first kappa shape index (κ1) is 18.7. The van der Waals surface area contributed by atoms with Crippen LogP contribution in [0.2, 0.25) is 10.0 Å². The number of hydrogen-bond donors (Lipinski definition) is 0. The van der Waals surface area contributed by atoms with Crippen molar-refractivity contribution in [3.8, 4) is 11.3 Å². The third kappa shape index (κ3) is 4.09. The van der Waals surface area contributed by atoms with E-state index in [4.69, 9.17) is 27.6 Å². The van der Waals surface area contributed by atoms with Crippen LogP contribution in [-0.4, -0.2) is 10.9 Å². The molecule has 2 aromatic heterocycles. The van der Waals surface area contributed by atoms with E-state index in [2.05, 4.69) is 10.1 Å². The monoisotopic (exact) mass is 431 g/mol. The van der Waals surface area contributed by atoms with Gasteiger partial charge in [0, 0.05) is 16.0 Å². The molecular weight excluding hydrogens is 420 g/mol. The first-order chi connectivity index (χ1) is 13.6. The molecule has 28 heavy (non-hydrogen) atoms. The van der Waals surface area contributed by atoms with Gasteiger partial charge in [0.2, 0.25) is 4.80 Å². The second-order valence-electron chi connectivity index (χ2n) is 5.69. The molecule has 140 valence electrons. The number of nitrogens with zero attached hydrogens (tertiary/aromatic N) is 3. The predicted octanol–water partition coefficient (Wildman–Crippen LogP) is 6.37. The van der Waals surface area contributed by atoms with Gasteiger partial charge in [0.25, 0.3) is 0 Å². The Kier molecular flexibility index (Phi) is 5.43. The number of rotatable bonds is 4. The van der Waals surface area contributed by atoms with Gasteiger partial charge >= 0.3 is 0 Å². The molecule has 4 rings (SSSR count). The van der Waals surface area contributed by atoms with E-state index in [1.54, 1.807) is 59.6 Å². The van der Waals surface area contributed by atoms with Crippen molar-refractivity contribution in [2.75, 3.05) is 0 Å². The highest BCUT2D eigenvalue weighted by Crippen LogP contribution is 2.31. The number of benzene rings is 2. The molecule has 0 bridgehead atoms. The fourth-order valence-electron chi connectivity index (χ4n) is 2.47. The number of halogens is 3. The highest BCUT2D eigenvalue weighted by atomic mass is 35.5. The first-order valence-electron chi connectivity index (χ1n) is 8.14. The lowest BCUT2D eigenvalue weighted by Gasteiger charge is -2.06.